The number of nitrogens with two attached hydrogens (primary N) is 1. The highest BCUT2D eigenvalue weighted by molar-refractivity contribution is 4.82. The third-order valence-corrected chi connectivity index (χ3v) is 4.02. The van der Waals surface area contributed by atoms with Crippen LogP contribution >= 0.6 is 0 Å². The molecule has 1 nitrogen and oxygen atoms in total. The van der Waals surface area contributed by atoms with Crippen LogP contribution in [0.2, 0.25) is 0 Å². The van der Waals surface area contributed by atoms with Gasteiger partial charge in [-0.2, -0.15) is 0 Å². The molecule has 1 rings (SSSR count). The highest BCUT2D eigenvalue weighted by Gasteiger charge is 2.30. The van der Waals surface area contributed by atoms with Crippen LogP contribution in [0.5, 0.6) is 0 Å². The molecule has 0 heterocycles. The SMILES string of the molecule is CCC(CC(C)N)CC1CCC1CC. The molecule has 0 aliphatic heterocycles. The summed E-state index contributed by atoms with van der Waals surface area (Å²) in [6.45, 7) is 6.79. The lowest BCUT2D eigenvalue weighted by atomic mass is 9.67. The third-order valence-electron chi connectivity index (χ3n) is 4.02. The molecule has 1 aliphatic carbocycles. The van der Waals surface area contributed by atoms with Gasteiger partial charge in [-0.05, 0) is 50.4 Å². The lowest BCUT2D eigenvalue weighted by Crippen LogP contribution is -2.29. The van der Waals surface area contributed by atoms with Gasteiger partial charge >= 0.3 is 0 Å². The van der Waals surface area contributed by atoms with Crippen molar-refractivity contribution in [3.05, 3.63) is 0 Å². The molecule has 0 radical (unpaired) electrons. The quantitative estimate of drug-likeness (QED) is 0.692. The summed E-state index contributed by atoms with van der Waals surface area (Å²) in [6, 6.07) is 0.389. The van der Waals surface area contributed by atoms with E-state index in [-0.39, 0.29) is 0 Å². The molecule has 0 saturated heterocycles. The molecule has 0 amide bonds. The van der Waals surface area contributed by atoms with Crippen molar-refractivity contribution < 1.29 is 0 Å². The lowest BCUT2D eigenvalue weighted by Gasteiger charge is -2.38. The smallest absolute Gasteiger partial charge is 0.00131 e. The summed E-state index contributed by atoms with van der Waals surface area (Å²) in [7, 11) is 0. The summed E-state index contributed by atoms with van der Waals surface area (Å²) in [4.78, 5) is 0. The molecule has 0 bridgehead atoms. The van der Waals surface area contributed by atoms with Gasteiger partial charge in [0.2, 0.25) is 0 Å². The average molecular weight is 197 g/mol. The summed E-state index contributed by atoms with van der Waals surface area (Å²) < 4.78 is 0. The summed E-state index contributed by atoms with van der Waals surface area (Å²) >= 11 is 0. The van der Waals surface area contributed by atoms with Gasteiger partial charge in [-0.15, -0.1) is 0 Å². The minimum atomic E-state index is 0.389. The standard InChI is InChI=1S/C13H27N/c1-4-11(8-10(3)14)9-13-7-6-12(13)5-2/h10-13H,4-9,14H2,1-3H3. The van der Waals surface area contributed by atoms with Crippen molar-refractivity contribution in [1.82, 2.24) is 0 Å². The molecular formula is C13H27N. The van der Waals surface area contributed by atoms with E-state index in [0.29, 0.717) is 6.04 Å². The molecule has 1 fully saturated rings. The van der Waals surface area contributed by atoms with Crippen molar-refractivity contribution in [2.75, 3.05) is 0 Å². The second-order valence-corrected chi connectivity index (χ2v) is 5.23. The van der Waals surface area contributed by atoms with Crippen molar-refractivity contribution in [3.63, 3.8) is 0 Å². The zero-order valence-corrected chi connectivity index (χ0v) is 10.1. The zero-order valence-electron chi connectivity index (χ0n) is 10.1. The van der Waals surface area contributed by atoms with Gasteiger partial charge in [0.05, 0.1) is 0 Å². The molecule has 14 heavy (non-hydrogen) atoms. The van der Waals surface area contributed by atoms with Gasteiger partial charge in [0.15, 0.2) is 0 Å². The van der Waals surface area contributed by atoms with Crippen molar-refractivity contribution in [2.24, 2.45) is 23.5 Å². The molecule has 84 valence electrons. The molecule has 4 unspecified atom stereocenters. The predicted octanol–water partition coefficient (Wildman–Crippen LogP) is 3.58. The largest absolute Gasteiger partial charge is 0.328 e. The third kappa shape index (κ3) is 3.27. The molecule has 0 aromatic rings. The summed E-state index contributed by atoms with van der Waals surface area (Å²) in [6.07, 6.45) is 8.33. The maximum absolute atomic E-state index is 5.87. The molecule has 2 N–H and O–H groups in total. The Balaban J connectivity index is 2.25. The first kappa shape index (κ1) is 12.0. The first-order valence-corrected chi connectivity index (χ1v) is 6.42. The summed E-state index contributed by atoms with van der Waals surface area (Å²) in [5.41, 5.74) is 5.87. The fourth-order valence-electron chi connectivity index (χ4n) is 2.87. The van der Waals surface area contributed by atoms with Crippen molar-refractivity contribution in [3.8, 4) is 0 Å². The van der Waals surface area contributed by atoms with Crippen LogP contribution in [0.15, 0.2) is 0 Å². The van der Waals surface area contributed by atoms with Gasteiger partial charge in [-0.1, -0.05) is 26.7 Å². The number of hydrogen-bond acceptors (Lipinski definition) is 1. The first-order chi connectivity index (χ1) is 6.67. The molecular weight excluding hydrogens is 170 g/mol. The van der Waals surface area contributed by atoms with E-state index in [9.17, 15) is 0 Å². The van der Waals surface area contributed by atoms with Crippen LogP contribution in [-0.2, 0) is 0 Å². The van der Waals surface area contributed by atoms with Crippen molar-refractivity contribution in [2.45, 2.75) is 65.3 Å². The van der Waals surface area contributed by atoms with E-state index in [2.05, 4.69) is 20.8 Å². The molecule has 1 saturated carbocycles. The molecule has 0 aromatic heterocycles. The normalized spacial score (nSPS) is 30.9. The second kappa shape index (κ2) is 5.75. The molecule has 1 aliphatic rings. The zero-order chi connectivity index (χ0) is 10.6. The van der Waals surface area contributed by atoms with Crippen molar-refractivity contribution in [1.29, 1.82) is 0 Å². The maximum Gasteiger partial charge on any atom is 0.00131 e. The second-order valence-electron chi connectivity index (χ2n) is 5.23. The Morgan fingerprint density at radius 1 is 1.21 bits per heavy atom. The molecule has 1 heteroatoms. The van der Waals surface area contributed by atoms with Gasteiger partial charge in [-0.3, -0.25) is 0 Å². The van der Waals surface area contributed by atoms with E-state index in [1.54, 1.807) is 0 Å². The van der Waals surface area contributed by atoms with Gasteiger partial charge < -0.3 is 5.73 Å². The summed E-state index contributed by atoms with van der Waals surface area (Å²) in [5.74, 6) is 2.95. The minimum Gasteiger partial charge on any atom is -0.328 e. The highest BCUT2D eigenvalue weighted by atomic mass is 14.6. The van der Waals surface area contributed by atoms with Gasteiger partial charge in [0.25, 0.3) is 0 Å². The van der Waals surface area contributed by atoms with E-state index in [1.165, 1.54) is 38.5 Å². The summed E-state index contributed by atoms with van der Waals surface area (Å²) in [5, 5.41) is 0. The van der Waals surface area contributed by atoms with Crippen LogP contribution in [0.25, 0.3) is 0 Å². The van der Waals surface area contributed by atoms with Gasteiger partial charge in [0, 0.05) is 6.04 Å². The van der Waals surface area contributed by atoms with E-state index < -0.39 is 0 Å². The van der Waals surface area contributed by atoms with E-state index >= 15 is 0 Å². The monoisotopic (exact) mass is 197 g/mol. The Labute approximate surface area is 89.5 Å². The van der Waals surface area contributed by atoms with Crippen LogP contribution in [-0.4, -0.2) is 6.04 Å². The predicted molar refractivity (Wildman–Crippen MR) is 63.2 cm³/mol. The van der Waals surface area contributed by atoms with Gasteiger partial charge in [0.1, 0.15) is 0 Å². The Kier molecular flexibility index (Phi) is 4.94. The van der Waals surface area contributed by atoms with Crippen LogP contribution in [0.3, 0.4) is 0 Å². The Morgan fingerprint density at radius 2 is 1.86 bits per heavy atom. The lowest BCUT2D eigenvalue weighted by molar-refractivity contribution is 0.130. The van der Waals surface area contributed by atoms with E-state index in [1.807, 2.05) is 0 Å². The Morgan fingerprint density at radius 3 is 2.21 bits per heavy atom. The van der Waals surface area contributed by atoms with Crippen LogP contribution in [0.4, 0.5) is 0 Å². The van der Waals surface area contributed by atoms with Crippen LogP contribution < -0.4 is 5.73 Å². The average Bonchev–Trinajstić information content (AvgIpc) is 2.10. The van der Waals surface area contributed by atoms with E-state index in [4.69, 9.17) is 5.73 Å². The van der Waals surface area contributed by atoms with Crippen LogP contribution in [0.1, 0.15) is 59.3 Å². The fraction of sp³-hybridized carbons (Fsp3) is 1.00. The number of hydrogen-bond donors (Lipinski definition) is 1. The topological polar surface area (TPSA) is 26.0 Å². The molecule has 0 spiro atoms. The first-order valence-electron chi connectivity index (χ1n) is 6.42. The Hall–Kier alpha value is -0.0400. The maximum atomic E-state index is 5.87. The minimum absolute atomic E-state index is 0.389. The van der Waals surface area contributed by atoms with Crippen LogP contribution in [0, 0.1) is 17.8 Å². The van der Waals surface area contributed by atoms with Gasteiger partial charge in [-0.25, -0.2) is 0 Å². The number of rotatable bonds is 6. The van der Waals surface area contributed by atoms with Crippen molar-refractivity contribution >= 4 is 0 Å². The highest BCUT2D eigenvalue weighted by Crippen LogP contribution is 2.41. The fourth-order valence-corrected chi connectivity index (χ4v) is 2.87. The Bertz CT molecular complexity index is 151. The molecule has 0 aromatic carbocycles. The molecule has 4 atom stereocenters. The van der Waals surface area contributed by atoms with E-state index in [0.717, 1.165) is 17.8 Å².